The Hall–Kier alpha value is -1.66. The molecule has 0 radical (unpaired) electrons. The summed E-state index contributed by atoms with van der Waals surface area (Å²) in [5.74, 6) is -0.526. The third kappa shape index (κ3) is 2.77. The van der Waals surface area contributed by atoms with E-state index in [2.05, 4.69) is 10.6 Å². The summed E-state index contributed by atoms with van der Waals surface area (Å²) in [6.07, 6.45) is 0. The quantitative estimate of drug-likeness (QED) is 0.447. The van der Waals surface area contributed by atoms with Crippen LogP contribution in [-0.4, -0.2) is 48.1 Å². The molecular weight excluding hydrogens is 236 g/mol. The van der Waals surface area contributed by atoms with E-state index in [1.54, 1.807) is 13.8 Å². The summed E-state index contributed by atoms with van der Waals surface area (Å²) >= 11 is 0. The Morgan fingerprint density at radius 2 is 1.17 bits per heavy atom. The zero-order valence-corrected chi connectivity index (χ0v) is 10.5. The fourth-order valence-corrected chi connectivity index (χ4v) is 1.73. The fraction of sp³-hybridized carbons (Fsp3) is 0.500. The van der Waals surface area contributed by atoms with Crippen LogP contribution in [0.2, 0.25) is 0 Å². The Morgan fingerprint density at radius 1 is 0.833 bits per heavy atom. The molecule has 4 N–H and O–H groups in total. The molecule has 0 aliphatic heterocycles. The third-order valence-electron chi connectivity index (χ3n) is 2.71. The Bertz CT molecular complexity index is 384. The lowest BCUT2D eigenvalue weighted by molar-refractivity contribution is -0.117. The molecule has 100 valence electrons. The van der Waals surface area contributed by atoms with E-state index in [1.807, 2.05) is 0 Å². The van der Waals surface area contributed by atoms with Gasteiger partial charge in [0.25, 0.3) is 0 Å². The minimum atomic E-state index is -0.263. The summed E-state index contributed by atoms with van der Waals surface area (Å²) in [4.78, 5) is 24.1. The SMILES string of the molecule is CC1=C(NCCO)C(=O)C(C)=C(NCCO)C1=O. The van der Waals surface area contributed by atoms with Gasteiger partial charge in [0.15, 0.2) is 0 Å². The zero-order valence-electron chi connectivity index (χ0n) is 10.5. The van der Waals surface area contributed by atoms with Gasteiger partial charge in [-0.2, -0.15) is 0 Å². The molecule has 0 aromatic carbocycles. The van der Waals surface area contributed by atoms with E-state index in [1.165, 1.54) is 0 Å². The Morgan fingerprint density at radius 3 is 1.44 bits per heavy atom. The van der Waals surface area contributed by atoms with Crippen LogP contribution >= 0.6 is 0 Å². The number of carbonyl (C=O) groups is 2. The number of hydrogen-bond donors (Lipinski definition) is 4. The molecule has 18 heavy (non-hydrogen) atoms. The molecule has 6 nitrogen and oxygen atoms in total. The van der Waals surface area contributed by atoms with E-state index in [-0.39, 0.29) is 49.3 Å². The second-order valence-electron chi connectivity index (χ2n) is 3.96. The van der Waals surface area contributed by atoms with Crippen molar-refractivity contribution in [3.63, 3.8) is 0 Å². The largest absolute Gasteiger partial charge is 0.395 e. The second kappa shape index (κ2) is 6.32. The van der Waals surface area contributed by atoms with Gasteiger partial charge < -0.3 is 20.8 Å². The van der Waals surface area contributed by atoms with E-state index in [0.29, 0.717) is 11.1 Å². The molecule has 0 saturated heterocycles. The summed E-state index contributed by atoms with van der Waals surface area (Å²) in [6, 6.07) is 0. The first-order valence-electron chi connectivity index (χ1n) is 5.75. The molecule has 1 aliphatic carbocycles. The molecule has 1 aliphatic rings. The Labute approximate surface area is 105 Å². The molecule has 0 heterocycles. The highest BCUT2D eigenvalue weighted by Crippen LogP contribution is 2.21. The predicted molar refractivity (Wildman–Crippen MR) is 65.6 cm³/mol. The average molecular weight is 254 g/mol. The molecule has 0 unspecified atom stereocenters. The Balaban J connectivity index is 2.99. The van der Waals surface area contributed by atoms with Crippen LogP contribution < -0.4 is 10.6 Å². The minimum absolute atomic E-state index is 0.114. The minimum Gasteiger partial charge on any atom is -0.395 e. The van der Waals surface area contributed by atoms with Crippen LogP contribution in [0.5, 0.6) is 0 Å². The molecule has 0 fully saturated rings. The summed E-state index contributed by atoms with van der Waals surface area (Å²) in [7, 11) is 0. The first-order chi connectivity index (χ1) is 8.54. The van der Waals surface area contributed by atoms with Gasteiger partial charge in [-0.1, -0.05) is 0 Å². The highest BCUT2D eigenvalue weighted by Gasteiger charge is 2.29. The molecule has 0 saturated carbocycles. The van der Waals surface area contributed by atoms with Crippen LogP contribution in [0.15, 0.2) is 22.5 Å². The van der Waals surface area contributed by atoms with Crippen molar-refractivity contribution in [1.29, 1.82) is 0 Å². The van der Waals surface area contributed by atoms with Crippen molar-refractivity contribution in [3.8, 4) is 0 Å². The third-order valence-corrected chi connectivity index (χ3v) is 2.71. The van der Waals surface area contributed by atoms with E-state index >= 15 is 0 Å². The molecule has 6 heteroatoms. The number of allylic oxidation sites excluding steroid dienone is 2. The smallest absolute Gasteiger partial charge is 0.207 e. The first-order valence-corrected chi connectivity index (χ1v) is 5.75. The van der Waals surface area contributed by atoms with Crippen LogP contribution in [-0.2, 0) is 9.59 Å². The topological polar surface area (TPSA) is 98.7 Å². The highest BCUT2D eigenvalue weighted by molar-refractivity contribution is 6.24. The van der Waals surface area contributed by atoms with Crippen molar-refractivity contribution in [2.24, 2.45) is 0 Å². The van der Waals surface area contributed by atoms with Gasteiger partial charge in [0, 0.05) is 24.2 Å². The highest BCUT2D eigenvalue weighted by atomic mass is 16.3. The molecule has 0 spiro atoms. The summed E-state index contributed by atoms with van der Waals surface area (Å²) in [5.41, 5.74) is 1.11. The number of nitrogens with one attached hydrogen (secondary N) is 2. The standard InChI is InChI=1S/C12H18N2O4/c1-7-9(13-3-5-15)12(18)8(2)10(11(7)17)14-4-6-16/h13-16H,3-6H2,1-2H3. The molecule has 0 bridgehead atoms. The van der Waals surface area contributed by atoms with Crippen molar-refractivity contribution in [2.75, 3.05) is 26.3 Å². The Kier molecular flexibility index (Phi) is 5.06. The first kappa shape index (κ1) is 14.4. The predicted octanol–water partition coefficient (Wildman–Crippen LogP) is -1.15. The van der Waals surface area contributed by atoms with Crippen LogP contribution in [0.4, 0.5) is 0 Å². The van der Waals surface area contributed by atoms with Gasteiger partial charge in [0.05, 0.1) is 24.6 Å². The van der Waals surface area contributed by atoms with Gasteiger partial charge in [-0.05, 0) is 13.8 Å². The van der Waals surface area contributed by atoms with Gasteiger partial charge in [0.2, 0.25) is 11.6 Å². The maximum absolute atomic E-state index is 12.0. The molecule has 0 aromatic heterocycles. The number of Topliss-reactive ketones (excluding diaryl/α,β-unsaturated/α-hetero) is 2. The monoisotopic (exact) mass is 254 g/mol. The van der Waals surface area contributed by atoms with Crippen molar-refractivity contribution >= 4 is 11.6 Å². The van der Waals surface area contributed by atoms with E-state index in [9.17, 15) is 9.59 Å². The zero-order chi connectivity index (χ0) is 13.7. The van der Waals surface area contributed by atoms with Crippen LogP contribution in [0.25, 0.3) is 0 Å². The lowest BCUT2D eigenvalue weighted by Gasteiger charge is -2.21. The molecule has 0 aromatic rings. The van der Waals surface area contributed by atoms with E-state index in [0.717, 1.165) is 0 Å². The lowest BCUT2D eigenvalue weighted by atomic mass is 9.92. The average Bonchev–Trinajstić information content (AvgIpc) is 2.37. The summed E-state index contributed by atoms with van der Waals surface area (Å²) in [6.45, 7) is 3.34. The second-order valence-corrected chi connectivity index (χ2v) is 3.96. The number of ketones is 2. The number of carbonyl (C=O) groups excluding carboxylic acids is 2. The molecule has 0 atom stereocenters. The molecular formula is C12H18N2O4. The van der Waals surface area contributed by atoms with E-state index < -0.39 is 0 Å². The fourth-order valence-electron chi connectivity index (χ4n) is 1.73. The van der Waals surface area contributed by atoms with Crippen molar-refractivity contribution in [1.82, 2.24) is 10.6 Å². The van der Waals surface area contributed by atoms with Gasteiger partial charge in [-0.3, -0.25) is 9.59 Å². The van der Waals surface area contributed by atoms with Gasteiger partial charge in [-0.15, -0.1) is 0 Å². The number of hydrogen-bond acceptors (Lipinski definition) is 6. The molecule has 0 amide bonds. The van der Waals surface area contributed by atoms with Gasteiger partial charge in [-0.25, -0.2) is 0 Å². The summed E-state index contributed by atoms with van der Waals surface area (Å²) in [5, 5.41) is 23.0. The van der Waals surface area contributed by atoms with Crippen molar-refractivity contribution in [3.05, 3.63) is 22.5 Å². The number of aliphatic hydroxyl groups is 2. The van der Waals surface area contributed by atoms with Crippen LogP contribution in [0.1, 0.15) is 13.8 Å². The normalized spacial score (nSPS) is 16.4. The lowest BCUT2D eigenvalue weighted by Crippen LogP contribution is -2.36. The van der Waals surface area contributed by atoms with Gasteiger partial charge in [0.1, 0.15) is 0 Å². The number of aliphatic hydroxyl groups excluding tert-OH is 2. The maximum atomic E-state index is 12.0. The molecule has 1 rings (SSSR count). The number of rotatable bonds is 6. The van der Waals surface area contributed by atoms with Gasteiger partial charge >= 0.3 is 0 Å². The summed E-state index contributed by atoms with van der Waals surface area (Å²) < 4.78 is 0. The van der Waals surface area contributed by atoms with Crippen LogP contribution in [0, 0.1) is 0 Å². The van der Waals surface area contributed by atoms with Crippen molar-refractivity contribution in [2.45, 2.75) is 13.8 Å². The maximum Gasteiger partial charge on any atom is 0.207 e. The van der Waals surface area contributed by atoms with Crippen LogP contribution in [0.3, 0.4) is 0 Å². The van der Waals surface area contributed by atoms with Crippen molar-refractivity contribution < 1.29 is 19.8 Å². The van der Waals surface area contributed by atoms with E-state index in [4.69, 9.17) is 10.2 Å².